The Balaban J connectivity index is 1.68. The summed E-state index contributed by atoms with van der Waals surface area (Å²) in [5.74, 6) is -0.176. The second-order valence-corrected chi connectivity index (χ2v) is 6.18. The van der Waals surface area contributed by atoms with E-state index in [4.69, 9.17) is 0 Å². The van der Waals surface area contributed by atoms with E-state index in [-0.39, 0.29) is 5.82 Å². The summed E-state index contributed by atoms with van der Waals surface area (Å²) in [5, 5.41) is 3.67. The molecule has 2 fully saturated rings. The average Bonchev–Trinajstić information content (AvgIpc) is 3.17. The number of nitrogens with one attached hydrogen (secondary N) is 1. The van der Waals surface area contributed by atoms with E-state index in [9.17, 15) is 4.39 Å². The summed E-state index contributed by atoms with van der Waals surface area (Å²) >= 11 is 3.20. The molecule has 1 saturated carbocycles. The predicted octanol–water partition coefficient (Wildman–Crippen LogP) is 3.31. The molecule has 0 radical (unpaired) electrons. The zero-order chi connectivity index (χ0) is 12.5. The highest BCUT2D eigenvalue weighted by atomic mass is 79.9. The molecule has 1 saturated heterocycles. The first kappa shape index (κ1) is 12.4. The molecule has 18 heavy (non-hydrogen) atoms. The molecule has 2 nitrogen and oxygen atoms in total. The molecule has 1 aliphatic carbocycles. The minimum Gasteiger partial charge on any atom is -0.370 e. The van der Waals surface area contributed by atoms with Crippen LogP contribution in [-0.4, -0.2) is 25.2 Å². The molecule has 98 valence electrons. The van der Waals surface area contributed by atoms with Gasteiger partial charge in [0.05, 0.1) is 4.47 Å². The Morgan fingerprint density at radius 1 is 1.22 bits per heavy atom. The Bertz CT molecular complexity index is 434. The van der Waals surface area contributed by atoms with Crippen molar-refractivity contribution >= 4 is 21.6 Å². The van der Waals surface area contributed by atoms with Crippen molar-refractivity contribution in [3.8, 4) is 0 Å². The quantitative estimate of drug-likeness (QED) is 0.921. The molecule has 1 heterocycles. The fourth-order valence-electron chi connectivity index (χ4n) is 2.61. The largest absolute Gasteiger partial charge is 0.370 e. The highest BCUT2D eigenvalue weighted by Gasteiger charge is 2.27. The van der Waals surface area contributed by atoms with E-state index in [0.717, 1.165) is 24.8 Å². The molecular weight excluding hydrogens is 295 g/mol. The molecule has 1 aromatic rings. The molecule has 0 bridgehead atoms. The van der Waals surface area contributed by atoms with Gasteiger partial charge in [-0.05, 0) is 59.8 Å². The molecule has 0 spiro atoms. The first-order chi connectivity index (χ1) is 8.72. The lowest BCUT2D eigenvalue weighted by Gasteiger charge is -2.35. The second kappa shape index (κ2) is 5.17. The van der Waals surface area contributed by atoms with Gasteiger partial charge in [0.15, 0.2) is 0 Å². The summed E-state index contributed by atoms with van der Waals surface area (Å²) in [6, 6.07) is 6.73. The van der Waals surface area contributed by atoms with Crippen molar-refractivity contribution in [3.05, 3.63) is 28.5 Å². The number of rotatable bonds is 3. The van der Waals surface area contributed by atoms with Gasteiger partial charge in [-0.1, -0.05) is 0 Å². The maximum absolute atomic E-state index is 13.6. The van der Waals surface area contributed by atoms with Gasteiger partial charge in [-0.25, -0.2) is 4.39 Å². The van der Waals surface area contributed by atoms with Crippen LogP contribution < -0.4 is 10.2 Å². The van der Waals surface area contributed by atoms with Crippen LogP contribution in [0.2, 0.25) is 0 Å². The standard InChI is InChI=1S/C14H18BrFN2/c15-13-6-5-12(8-14(13)16)18-7-1-2-11(9-18)17-10-3-4-10/h5-6,8,10-11,17H,1-4,7,9H2. The van der Waals surface area contributed by atoms with Crippen LogP contribution in [0.5, 0.6) is 0 Å². The van der Waals surface area contributed by atoms with E-state index in [1.165, 1.54) is 25.7 Å². The van der Waals surface area contributed by atoms with Crippen LogP contribution >= 0.6 is 15.9 Å². The number of nitrogens with zero attached hydrogens (tertiary/aromatic N) is 1. The lowest BCUT2D eigenvalue weighted by Crippen LogP contribution is -2.46. The van der Waals surface area contributed by atoms with Gasteiger partial charge in [-0.15, -0.1) is 0 Å². The number of piperidine rings is 1. The Kier molecular flexibility index (Phi) is 3.57. The molecule has 1 unspecified atom stereocenters. The Hall–Kier alpha value is -0.610. The van der Waals surface area contributed by atoms with Crippen molar-refractivity contribution in [2.45, 2.75) is 37.8 Å². The summed E-state index contributed by atoms with van der Waals surface area (Å²) in [6.07, 6.45) is 5.07. The summed E-state index contributed by atoms with van der Waals surface area (Å²) in [7, 11) is 0. The van der Waals surface area contributed by atoms with Crippen molar-refractivity contribution < 1.29 is 4.39 Å². The smallest absolute Gasteiger partial charge is 0.139 e. The van der Waals surface area contributed by atoms with Crippen LogP contribution in [0.25, 0.3) is 0 Å². The number of anilines is 1. The fraction of sp³-hybridized carbons (Fsp3) is 0.571. The van der Waals surface area contributed by atoms with Gasteiger partial charge in [0.2, 0.25) is 0 Å². The third-order valence-corrected chi connectivity index (χ3v) is 4.38. The highest BCUT2D eigenvalue weighted by molar-refractivity contribution is 9.10. The van der Waals surface area contributed by atoms with E-state index in [2.05, 4.69) is 26.1 Å². The van der Waals surface area contributed by atoms with Crippen LogP contribution in [0.1, 0.15) is 25.7 Å². The summed E-state index contributed by atoms with van der Waals surface area (Å²) in [5.41, 5.74) is 0.998. The Labute approximate surface area is 116 Å². The van der Waals surface area contributed by atoms with Crippen molar-refractivity contribution in [2.24, 2.45) is 0 Å². The molecule has 4 heteroatoms. The molecule has 3 rings (SSSR count). The minimum atomic E-state index is -0.176. The maximum atomic E-state index is 13.6. The van der Waals surface area contributed by atoms with Crippen molar-refractivity contribution in [1.82, 2.24) is 5.32 Å². The second-order valence-electron chi connectivity index (χ2n) is 5.32. The fourth-order valence-corrected chi connectivity index (χ4v) is 2.86. The van der Waals surface area contributed by atoms with Gasteiger partial charge in [0.1, 0.15) is 5.82 Å². The first-order valence-corrected chi connectivity index (χ1v) is 7.48. The van der Waals surface area contributed by atoms with Crippen LogP contribution in [0, 0.1) is 5.82 Å². The first-order valence-electron chi connectivity index (χ1n) is 6.68. The molecule has 0 amide bonds. The van der Waals surface area contributed by atoms with Crippen LogP contribution in [-0.2, 0) is 0 Å². The van der Waals surface area contributed by atoms with Gasteiger partial charge in [-0.3, -0.25) is 0 Å². The summed E-state index contributed by atoms with van der Waals surface area (Å²) in [4.78, 5) is 2.29. The lowest BCUT2D eigenvalue weighted by atomic mass is 10.0. The third-order valence-electron chi connectivity index (χ3n) is 3.74. The maximum Gasteiger partial charge on any atom is 0.139 e. The zero-order valence-corrected chi connectivity index (χ0v) is 11.9. The van der Waals surface area contributed by atoms with E-state index in [1.54, 1.807) is 12.1 Å². The van der Waals surface area contributed by atoms with E-state index < -0.39 is 0 Å². The average molecular weight is 313 g/mol. The molecule has 1 atom stereocenters. The molecule has 0 aromatic heterocycles. The normalized spacial score (nSPS) is 24.3. The van der Waals surface area contributed by atoms with Crippen molar-refractivity contribution in [2.75, 3.05) is 18.0 Å². The highest BCUT2D eigenvalue weighted by Crippen LogP contribution is 2.26. The van der Waals surface area contributed by atoms with E-state index in [1.807, 2.05) is 6.07 Å². The van der Waals surface area contributed by atoms with Gasteiger partial charge < -0.3 is 10.2 Å². The topological polar surface area (TPSA) is 15.3 Å². The molecule has 2 aliphatic rings. The number of benzene rings is 1. The minimum absolute atomic E-state index is 0.176. The van der Waals surface area contributed by atoms with Crippen LogP contribution in [0.4, 0.5) is 10.1 Å². The molecule has 1 N–H and O–H groups in total. The summed E-state index contributed by atoms with van der Waals surface area (Å²) < 4.78 is 14.1. The Morgan fingerprint density at radius 3 is 2.78 bits per heavy atom. The van der Waals surface area contributed by atoms with Crippen molar-refractivity contribution in [1.29, 1.82) is 0 Å². The number of hydrogen-bond donors (Lipinski definition) is 1. The molecule has 1 aliphatic heterocycles. The SMILES string of the molecule is Fc1cc(N2CCCC(NC3CC3)C2)ccc1Br. The van der Waals surface area contributed by atoms with Gasteiger partial charge in [-0.2, -0.15) is 0 Å². The van der Waals surface area contributed by atoms with Gasteiger partial charge in [0.25, 0.3) is 0 Å². The monoisotopic (exact) mass is 312 g/mol. The van der Waals surface area contributed by atoms with Gasteiger partial charge in [0, 0.05) is 30.9 Å². The summed E-state index contributed by atoms with van der Waals surface area (Å²) in [6.45, 7) is 2.03. The third kappa shape index (κ3) is 2.86. The van der Waals surface area contributed by atoms with Crippen molar-refractivity contribution in [3.63, 3.8) is 0 Å². The molecular formula is C14H18BrFN2. The number of halogens is 2. The number of hydrogen-bond acceptors (Lipinski definition) is 2. The lowest BCUT2D eigenvalue weighted by molar-refractivity contribution is 0.420. The van der Waals surface area contributed by atoms with Gasteiger partial charge >= 0.3 is 0 Å². The van der Waals surface area contributed by atoms with E-state index >= 15 is 0 Å². The predicted molar refractivity (Wildman–Crippen MR) is 75.5 cm³/mol. The van der Waals surface area contributed by atoms with E-state index in [0.29, 0.717) is 10.5 Å². The molecule has 1 aromatic carbocycles. The zero-order valence-electron chi connectivity index (χ0n) is 10.3. The van der Waals surface area contributed by atoms with Crippen LogP contribution in [0.3, 0.4) is 0 Å². The van der Waals surface area contributed by atoms with Crippen LogP contribution in [0.15, 0.2) is 22.7 Å². The Morgan fingerprint density at radius 2 is 2.06 bits per heavy atom.